The quantitative estimate of drug-likeness (QED) is 0.751. The van der Waals surface area contributed by atoms with Crippen molar-refractivity contribution < 1.29 is 9.18 Å². The summed E-state index contributed by atoms with van der Waals surface area (Å²) in [5, 5.41) is 2.92. The van der Waals surface area contributed by atoms with Crippen molar-refractivity contribution in [2.24, 2.45) is 0 Å². The summed E-state index contributed by atoms with van der Waals surface area (Å²) in [6.45, 7) is 3.98. The zero-order valence-corrected chi connectivity index (χ0v) is 8.88. The molecule has 1 amide bonds. The first-order valence-corrected chi connectivity index (χ1v) is 5.05. The van der Waals surface area contributed by atoms with Gasteiger partial charge in [0.25, 0.3) is 0 Å². The molecule has 0 aromatic heterocycles. The number of halogens is 1. The molecule has 1 aromatic carbocycles. The van der Waals surface area contributed by atoms with E-state index in [1.165, 1.54) is 12.1 Å². The number of rotatable bonds is 1. The lowest BCUT2D eigenvalue weighted by molar-refractivity contribution is -0.119. The largest absolute Gasteiger partial charge is 0.351 e. The van der Waals surface area contributed by atoms with Crippen LogP contribution in [0.3, 0.4) is 0 Å². The number of carbonyl (C=O) groups excluding carboxylic acids is 1. The fraction of sp³-hybridized carbons (Fsp3) is 0.417. The van der Waals surface area contributed by atoms with E-state index >= 15 is 0 Å². The molecular formula is C12H14FNO. The van der Waals surface area contributed by atoms with Gasteiger partial charge in [-0.15, -0.1) is 0 Å². The van der Waals surface area contributed by atoms with Crippen molar-refractivity contribution in [3.05, 3.63) is 35.6 Å². The second-order valence-corrected chi connectivity index (χ2v) is 4.58. The van der Waals surface area contributed by atoms with Crippen molar-refractivity contribution in [2.45, 2.75) is 31.7 Å². The molecule has 1 aromatic rings. The van der Waals surface area contributed by atoms with Crippen LogP contribution in [0.1, 0.15) is 31.7 Å². The predicted molar refractivity (Wildman–Crippen MR) is 56.0 cm³/mol. The molecule has 0 radical (unpaired) electrons. The molecule has 1 fully saturated rings. The highest BCUT2D eigenvalue weighted by Gasteiger charge is 2.39. The highest BCUT2D eigenvalue weighted by molar-refractivity contribution is 5.81. The molecule has 1 heterocycles. The summed E-state index contributed by atoms with van der Waals surface area (Å²) in [5.74, 6) is -0.0474. The van der Waals surface area contributed by atoms with Crippen LogP contribution >= 0.6 is 0 Å². The van der Waals surface area contributed by atoms with Crippen LogP contribution in [0, 0.1) is 5.82 Å². The van der Waals surface area contributed by atoms with Crippen molar-refractivity contribution in [1.29, 1.82) is 0 Å². The molecule has 0 bridgehead atoms. The summed E-state index contributed by atoms with van der Waals surface area (Å²) in [5.41, 5.74) is 0.772. The van der Waals surface area contributed by atoms with Crippen molar-refractivity contribution >= 4 is 5.91 Å². The lowest BCUT2D eigenvalue weighted by Gasteiger charge is -2.26. The maximum Gasteiger partial charge on any atom is 0.221 e. The van der Waals surface area contributed by atoms with Crippen molar-refractivity contribution in [1.82, 2.24) is 5.32 Å². The summed E-state index contributed by atoms with van der Waals surface area (Å²) in [6, 6.07) is 6.38. The fourth-order valence-corrected chi connectivity index (χ4v) is 2.17. The zero-order chi connectivity index (χ0) is 11.1. The van der Waals surface area contributed by atoms with Crippen LogP contribution in [0.25, 0.3) is 0 Å². The highest BCUT2D eigenvalue weighted by Crippen LogP contribution is 2.35. The van der Waals surface area contributed by atoms with E-state index in [1.54, 1.807) is 12.1 Å². The Morgan fingerprint density at radius 1 is 1.33 bits per heavy atom. The number of carbonyl (C=O) groups is 1. The number of nitrogens with one attached hydrogen (secondary N) is 1. The van der Waals surface area contributed by atoms with E-state index in [9.17, 15) is 9.18 Å². The van der Waals surface area contributed by atoms with Gasteiger partial charge in [0.15, 0.2) is 0 Å². The number of hydrogen-bond acceptors (Lipinski definition) is 1. The van der Waals surface area contributed by atoms with Gasteiger partial charge in [0.05, 0.1) is 0 Å². The Bertz CT molecular complexity index is 383. The Kier molecular flexibility index (Phi) is 2.25. The highest BCUT2D eigenvalue weighted by atomic mass is 19.1. The van der Waals surface area contributed by atoms with Crippen molar-refractivity contribution in [2.75, 3.05) is 0 Å². The average Bonchev–Trinajstić information content (AvgIpc) is 2.41. The summed E-state index contributed by atoms with van der Waals surface area (Å²) < 4.78 is 12.8. The van der Waals surface area contributed by atoms with Crippen LogP contribution in [0.4, 0.5) is 4.39 Å². The Balaban J connectivity index is 2.31. The third-order valence-electron chi connectivity index (χ3n) is 2.99. The summed E-state index contributed by atoms with van der Waals surface area (Å²) in [4.78, 5) is 11.3. The molecule has 80 valence electrons. The third kappa shape index (κ3) is 1.87. The second-order valence-electron chi connectivity index (χ2n) is 4.58. The first kappa shape index (κ1) is 10.1. The SMILES string of the molecule is CC1(C)NC(=O)CC1c1ccc(F)cc1. The number of benzene rings is 1. The molecule has 0 spiro atoms. The van der Waals surface area contributed by atoms with E-state index < -0.39 is 0 Å². The van der Waals surface area contributed by atoms with Gasteiger partial charge in [-0.05, 0) is 31.5 Å². The van der Waals surface area contributed by atoms with Gasteiger partial charge in [-0.3, -0.25) is 4.79 Å². The van der Waals surface area contributed by atoms with E-state index in [4.69, 9.17) is 0 Å². The van der Waals surface area contributed by atoms with Crippen molar-refractivity contribution in [3.8, 4) is 0 Å². The number of amides is 1. The van der Waals surface area contributed by atoms with Crippen molar-refractivity contribution in [3.63, 3.8) is 0 Å². The van der Waals surface area contributed by atoms with Crippen LogP contribution in [-0.2, 0) is 4.79 Å². The third-order valence-corrected chi connectivity index (χ3v) is 2.99. The van der Waals surface area contributed by atoms with E-state index in [-0.39, 0.29) is 23.2 Å². The van der Waals surface area contributed by atoms with Gasteiger partial charge in [-0.2, -0.15) is 0 Å². The molecule has 3 heteroatoms. The molecule has 1 unspecified atom stereocenters. The van der Waals surface area contributed by atoms with Crippen LogP contribution in [-0.4, -0.2) is 11.4 Å². The summed E-state index contributed by atoms with van der Waals surface area (Å²) in [7, 11) is 0. The number of hydrogen-bond donors (Lipinski definition) is 1. The smallest absolute Gasteiger partial charge is 0.221 e. The van der Waals surface area contributed by atoms with Gasteiger partial charge in [-0.1, -0.05) is 12.1 Å². The van der Waals surface area contributed by atoms with E-state index in [2.05, 4.69) is 5.32 Å². The topological polar surface area (TPSA) is 29.1 Å². The summed E-state index contributed by atoms with van der Waals surface area (Å²) >= 11 is 0. The Hall–Kier alpha value is -1.38. The minimum Gasteiger partial charge on any atom is -0.351 e. The summed E-state index contributed by atoms with van der Waals surface area (Å²) in [6.07, 6.45) is 0.485. The monoisotopic (exact) mass is 207 g/mol. The van der Waals surface area contributed by atoms with Crippen LogP contribution in [0.5, 0.6) is 0 Å². The van der Waals surface area contributed by atoms with Gasteiger partial charge in [0.2, 0.25) is 5.91 Å². The fourth-order valence-electron chi connectivity index (χ4n) is 2.17. The Morgan fingerprint density at radius 3 is 2.40 bits per heavy atom. The molecule has 1 aliphatic heterocycles. The van der Waals surface area contributed by atoms with Gasteiger partial charge in [-0.25, -0.2) is 4.39 Å². The lowest BCUT2D eigenvalue weighted by Crippen LogP contribution is -2.38. The normalized spacial score (nSPS) is 23.9. The maximum absolute atomic E-state index is 12.8. The van der Waals surface area contributed by atoms with Crippen LogP contribution in [0.2, 0.25) is 0 Å². The Labute approximate surface area is 88.5 Å². The Morgan fingerprint density at radius 2 is 1.93 bits per heavy atom. The predicted octanol–water partition coefficient (Wildman–Crippen LogP) is 2.21. The van der Waals surface area contributed by atoms with E-state index in [0.29, 0.717) is 6.42 Å². The first-order chi connectivity index (χ1) is 6.99. The molecule has 0 saturated carbocycles. The molecular weight excluding hydrogens is 193 g/mol. The van der Waals surface area contributed by atoms with Crippen LogP contribution in [0.15, 0.2) is 24.3 Å². The first-order valence-electron chi connectivity index (χ1n) is 5.05. The van der Waals surface area contributed by atoms with E-state index in [0.717, 1.165) is 5.56 Å². The van der Waals surface area contributed by atoms with Crippen LogP contribution < -0.4 is 5.32 Å². The molecule has 0 aliphatic carbocycles. The minimum atomic E-state index is -0.242. The molecule has 15 heavy (non-hydrogen) atoms. The van der Waals surface area contributed by atoms with Gasteiger partial charge >= 0.3 is 0 Å². The lowest BCUT2D eigenvalue weighted by atomic mass is 9.83. The molecule has 2 rings (SSSR count). The van der Waals surface area contributed by atoms with E-state index in [1.807, 2.05) is 13.8 Å². The molecule has 2 nitrogen and oxygen atoms in total. The minimum absolute atomic E-state index is 0.0642. The van der Waals surface area contributed by atoms with Gasteiger partial charge in [0.1, 0.15) is 5.82 Å². The van der Waals surface area contributed by atoms with Gasteiger partial charge < -0.3 is 5.32 Å². The maximum atomic E-state index is 12.8. The average molecular weight is 207 g/mol. The molecule has 1 atom stereocenters. The molecule has 1 N–H and O–H groups in total. The standard InChI is InChI=1S/C12H14FNO/c1-12(2)10(7-11(15)14-12)8-3-5-9(13)6-4-8/h3-6,10H,7H2,1-2H3,(H,14,15). The van der Waals surface area contributed by atoms with Gasteiger partial charge in [0, 0.05) is 17.9 Å². The molecule has 1 aliphatic rings. The second kappa shape index (κ2) is 3.33. The molecule has 1 saturated heterocycles. The zero-order valence-electron chi connectivity index (χ0n) is 8.88.